The molecule has 0 aromatic heterocycles. The lowest BCUT2D eigenvalue weighted by Gasteiger charge is -2.30. The third kappa shape index (κ3) is 6.11. The molecule has 4 N–H and O–H groups in total. The van der Waals surface area contributed by atoms with Gasteiger partial charge in [0.25, 0.3) is 5.91 Å². The van der Waals surface area contributed by atoms with Crippen LogP contribution >= 0.6 is 0 Å². The molecule has 1 heterocycles. The molecule has 0 spiro atoms. The van der Waals surface area contributed by atoms with Crippen molar-refractivity contribution in [2.75, 3.05) is 18.5 Å². The molecule has 0 radical (unpaired) electrons. The Morgan fingerprint density at radius 3 is 2.18 bits per heavy atom. The number of amides is 1. The molecule has 1 aliphatic rings. The number of anilines is 1. The SMILES string of the molecule is CC(C)(Cc1cc(C(F)(F)F)cc(C(F)(F)F)c1)NCC(O)c1cc(O)cc2c1OCC(=O)N2. The molecule has 0 saturated heterocycles. The predicted molar refractivity (Wildman–Crippen MR) is 109 cm³/mol. The van der Waals surface area contributed by atoms with Gasteiger partial charge in [-0.05, 0) is 50.1 Å². The van der Waals surface area contributed by atoms with E-state index in [1.54, 1.807) is 13.8 Å². The fraction of sp³-hybridized carbons (Fsp3) is 0.409. The van der Waals surface area contributed by atoms with Gasteiger partial charge in [-0.15, -0.1) is 0 Å². The van der Waals surface area contributed by atoms with Gasteiger partial charge in [0.2, 0.25) is 0 Å². The number of aromatic hydroxyl groups is 1. The zero-order valence-electron chi connectivity index (χ0n) is 18.1. The summed E-state index contributed by atoms with van der Waals surface area (Å²) in [6.07, 6.45) is -11.4. The topological polar surface area (TPSA) is 90.8 Å². The molecule has 6 nitrogen and oxygen atoms in total. The Balaban J connectivity index is 1.78. The Morgan fingerprint density at radius 1 is 1.03 bits per heavy atom. The number of halogens is 6. The van der Waals surface area contributed by atoms with E-state index >= 15 is 0 Å². The first kappa shape index (κ1) is 25.6. The summed E-state index contributed by atoms with van der Waals surface area (Å²) in [5, 5.41) is 25.9. The first-order valence-corrected chi connectivity index (χ1v) is 10.1. The minimum Gasteiger partial charge on any atom is -0.508 e. The first-order chi connectivity index (χ1) is 15.5. The lowest BCUT2D eigenvalue weighted by molar-refractivity contribution is -0.143. The van der Waals surface area contributed by atoms with Crippen molar-refractivity contribution < 1.29 is 46.1 Å². The van der Waals surface area contributed by atoms with Gasteiger partial charge in [-0.3, -0.25) is 4.79 Å². The molecule has 1 aliphatic heterocycles. The molecule has 0 saturated carbocycles. The van der Waals surface area contributed by atoms with Crippen LogP contribution in [-0.2, 0) is 23.6 Å². The van der Waals surface area contributed by atoms with Gasteiger partial charge >= 0.3 is 12.4 Å². The maximum Gasteiger partial charge on any atom is 0.416 e. The number of aliphatic hydroxyl groups is 1. The normalized spacial score (nSPS) is 15.4. The van der Waals surface area contributed by atoms with E-state index in [0.717, 1.165) is 0 Å². The van der Waals surface area contributed by atoms with E-state index in [1.807, 2.05) is 0 Å². The molecule has 1 amide bonds. The number of β-amino-alcohol motifs (C(OH)–C–C–N with tert-alkyl or cyclic N) is 1. The van der Waals surface area contributed by atoms with Gasteiger partial charge in [0.1, 0.15) is 11.5 Å². The van der Waals surface area contributed by atoms with Gasteiger partial charge in [0.05, 0.1) is 22.9 Å². The number of fused-ring (bicyclic) bond motifs is 1. The number of ether oxygens (including phenoxy) is 1. The zero-order valence-corrected chi connectivity index (χ0v) is 18.1. The number of nitrogens with one attached hydrogen (secondary N) is 2. The maximum atomic E-state index is 13.1. The van der Waals surface area contributed by atoms with Crippen molar-refractivity contribution in [1.29, 1.82) is 0 Å². The number of carbonyl (C=O) groups excluding carboxylic acids is 1. The Labute approximate surface area is 190 Å². The highest BCUT2D eigenvalue weighted by molar-refractivity contribution is 5.96. The molecule has 2 aromatic carbocycles. The van der Waals surface area contributed by atoms with E-state index in [1.165, 1.54) is 12.1 Å². The summed E-state index contributed by atoms with van der Waals surface area (Å²) in [6, 6.07) is 3.87. The molecule has 186 valence electrons. The number of phenolic OH excluding ortho intramolecular Hbond substituents is 1. The third-order valence-electron chi connectivity index (χ3n) is 5.15. The van der Waals surface area contributed by atoms with Crippen molar-refractivity contribution in [2.24, 2.45) is 0 Å². The van der Waals surface area contributed by atoms with Crippen LogP contribution in [0.2, 0.25) is 0 Å². The summed E-state index contributed by atoms with van der Waals surface area (Å²) < 4.78 is 84.1. The predicted octanol–water partition coefficient (Wildman–Crippen LogP) is 4.41. The fourth-order valence-electron chi connectivity index (χ4n) is 3.64. The number of alkyl halides is 6. The van der Waals surface area contributed by atoms with E-state index < -0.39 is 41.0 Å². The summed E-state index contributed by atoms with van der Waals surface area (Å²) in [4.78, 5) is 11.5. The van der Waals surface area contributed by atoms with Crippen molar-refractivity contribution in [3.63, 3.8) is 0 Å². The molecule has 3 rings (SSSR count). The number of aliphatic hydroxyl groups excluding tert-OH is 1. The number of hydrogen-bond donors (Lipinski definition) is 4. The number of hydrogen-bond acceptors (Lipinski definition) is 5. The third-order valence-corrected chi connectivity index (χ3v) is 5.15. The largest absolute Gasteiger partial charge is 0.508 e. The second-order valence-electron chi connectivity index (χ2n) is 8.62. The van der Waals surface area contributed by atoms with Crippen LogP contribution in [0.3, 0.4) is 0 Å². The zero-order chi connectivity index (χ0) is 25.5. The Morgan fingerprint density at radius 2 is 1.62 bits per heavy atom. The molecule has 1 atom stereocenters. The van der Waals surface area contributed by atoms with Crippen LogP contribution in [0, 0.1) is 0 Å². The van der Waals surface area contributed by atoms with Gasteiger partial charge in [0, 0.05) is 23.7 Å². The quantitative estimate of drug-likeness (QED) is 0.449. The molecule has 12 heteroatoms. The Hall–Kier alpha value is -2.99. The molecule has 1 unspecified atom stereocenters. The molecule has 0 fully saturated rings. The second-order valence-corrected chi connectivity index (χ2v) is 8.62. The highest BCUT2D eigenvalue weighted by Gasteiger charge is 2.37. The van der Waals surface area contributed by atoms with Crippen LogP contribution in [-0.4, -0.2) is 34.8 Å². The summed E-state index contributed by atoms with van der Waals surface area (Å²) >= 11 is 0. The van der Waals surface area contributed by atoms with E-state index in [2.05, 4.69) is 10.6 Å². The number of carbonyl (C=O) groups is 1. The number of rotatable bonds is 6. The van der Waals surface area contributed by atoms with Gasteiger partial charge in [-0.1, -0.05) is 0 Å². The molecule has 34 heavy (non-hydrogen) atoms. The lowest BCUT2D eigenvalue weighted by atomic mass is 9.92. The van der Waals surface area contributed by atoms with E-state index in [0.29, 0.717) is 12.1 Å². The first-order valence-electron chi connectivity index (χ1n) is 10.1. The average Bonchev–Trinajstić information content (AvgIpc) is 2.69. The van der Waals surface area contributed by atoms with Crippen molar-refractivity contribution >= 4 is 11.6 Å². The minimum absolute atomic E-state index is 0.0669. The highest BCUT2D eigenvalue weighted by Crippen LogP contribution is 2.39. The minimum atomic E-state index is -4.95. The van der Waals surface area contributed by atoms with Crippen LogP contribution < -0.4 is 15.4 Å². The van der Waals surface area contributed by atoms with E-state index in [-0.39, 0.29) is 54.0 Å². The van der Waals surface area contributed by atoms with Crippen molar-refractivity contribution in [3.05, 3.63) is 52.6 Å². The van der Waals surface area contributed by atoms with Gasteiger partial charge in [-0.2, -0.15) is 26.3 Å². The lowest BCUT2D eigenvalue weighted by Crippen LogP contribution is -2.43. The molecule has 2 aromatic rings. The molecule has 0 aliphatic carbocycles. The van der Waals surface area contributed by atoms with Crippen LogP contribution in [0.5, 0.6) is 11.5 Å². The monoisotopic (exact) mass is 492 g/mol. The van der Waals surface area contributed by atoms with E-state index in [9.17, 15) is 41.4 Å². The Kier molecular flexibility index (Phi) is 6.78. The summed E-state index contributed by atoms with van der Waals surface area (Å²) in [5.41, 5.74) is -3.71. The molecule has 0 bridgehead atoms. The van der Waals surface area contributed by atoms with Crippen LogP contribution in [0.1, 0.15) is 42.2 Å². The molecular formula is C22H22F6N2O4. The summed E-state index contributed by atoms with van der Waals surface area (Å²) in [7, 11) is 0. The van der Waals surface area contributed by atoms with Gasteiger partial charge in [-0.25, -0.2) is 0 Å². The average molecular weight is 492 g/mol. The number of benzene rings is 2. The van der Waals surface area contributed by atoms with Gasteiger partial charge in [0.15, 0.2) is 6.61 Å². The van der Waals surface area contributed by atoms with Gasteiger partial charge < -0.3 is 25.6 Å². The van der Waals surface area contributed by atoms with Crippen LogP contribution in [0.25, 0.3) is 0 Å². The standard InChI is InChI=1S/C22H22F6N2O4/c1-20(2,8-11-3-12(21(23,24)25)5-13(4-11)22(26,27)28)29-9-17(32)15-6-14(31)7-16-19(15)34-10-18(33)30-16/h3-7,17,29,31-32H,8-10H2,1-2H3,(H,30,33). The summed E-state index contributed by atoms with van der Waals surface area (Å²) in [5.74, 6) is -0.546. The number of phenols is 1. The smallest absolute Gasteiger partial charge is 0.416 e. The molecular weight excluding hydrogens is 470 g/mol. The highest BCUT2D eigenvalue weighted by atomic mass is 19.4. The van der Waals surface area contributed by atoms with Crippen molar-refractivity contribution in [2.45, 2.75) is 44.3 Å². The maximum absolute atomic E-state index is 13.1. The van der Waals surface area contributed by atoms with Crippen molar-refractivity contribution in [3.8, 4) is 11.5 Å². The second kappa shape index (κ2) is 8.99. The van der Waals surface area contributed by atoms with Crippen LogP contribution in [0.15, 0.2) is 30.3 Å². The van der Waals surface area contributed by atoms with E-state index in [4.69, 9.17) is 4.74 Å². The fourth-order valence-corrected chi connectivity index (χ4v) is 3.64. The van der Waals surface area contributed by atoms with Crippen molar-refractivity contribution in [1.82, 2.24) is 5.32 Å². The Bertz CT molecular complexity index is 1050. The summed E-state index contributed by atoms with van der Waals surface area (Å²) in [6.45, 7) is 2.64. The van der Waals surface area contributed by atoms with Crippen LogP contribution in [0.4, 0.5) is 32.0 Å².